The van der Waals surface area contributed by atoms with Crippen LogP contribution in [0.5, 0.6) is 0 Å². The van der Waals surface area contributed by atoms with Gasteiger partial charge in [-0.05, 0) is 18.9 Å². The second-order valence-electron chi connectivity index (χ2n) is 4.45. The summed E-state index contributed by atoms with van der Waals surface area (Å²) in [6.07, 6.45) is 6.67. The van der Waals surface area contributed by atoms with Gasteiger partial charge in [0.05, 0.1) is 5.41 Å². The van der Waals surface area contributed by atoms with Crippen molar-refractivity contribution in [3.8, 4) is 12.3 Å². The number of hydrogen-bond acceptors (Lipinski definition) is 2. The first-order chi connectivity index (χ1) is 7.13. The Bertz CT molecular complexity index is 259. The molecule has 0 saturated carbocycles. The molecule has 1 heterocycles. The lowest BCUT2D eigenvalue weighted by Crippen LogP contribution is -2.46. The van der Waals surface area contributed by atoms with E-state index in [0.29, 0.717) is 18.9 Å². The summed E-state index contributed by atoms with van der Waals surface area (Å²) in [6, 6.07) is 0. The van der Waals surface area contributed by atoms with Gasteiger partial charge in [-0.3, -0.25) is 4.79 Å². The van der Waals surface area contributed by atoms with Gasteiger partial charge in [0.2, 0.25) is 5.91 Å². The molecule has 15 heavy (non-hydrogen) atoms. The molecule has 1 saturated heterocycles. The minimum Gasteiger partial charge on any atom is -0.355 e. The van der Waals surface area contributed by atoms with Gasteiger partial charge >= 0.3 is 0 Å². The van der Waals surface area contributed by atoms with E-state index in [-0.39, 0.29) is 11.3 Å². The lowest BCUT2D eigenvalue weighted by molar-refractivity contribution is -0.132. The quantitative estimate of drug-likeness (QED) is 0.529. The molecule has 1 rings (SSSR count). The van der Waals surface area contributed by atoms with Crippen molar-refractivity contribution in [3.63, 3.8) is 0 Å². The Labute approximate surface area is 92.0 Å². The Balaban J connectivity index is 2.57. The van der Waals surface area contributed by atoms with Crippen molar-refractivity contribution in [2.45, 2.75) is 26.7 Å². The molecule has 0 spiro atoms. The highest BCUT2D eigenvalue weighted by atomic mass is 16.2. The highest BCUT2D eigenvalue weighted by Gasteiger charge is 2.43. The van der Waals surface area contributed by atoms with Gasteiger partial charge in [0.1, 0.15) is 0 Å². The van der Waals surface area contributed by atoms with E-state index in [1.165, 1.54) is 0 Å². The van der Waals surface area contributed by atoms with Crippen LogP contribution >= 0.6 is 0 Å². The van der Waals surface area contributed by atoms with Crippen LogP contribution in [0.1, 0.15) is 26.7 Å². The van der Waals surface area contributed by atoms with Gasteiger partial charge in [0.25, 0.3) is 0 Å². The third kappa shape index (κ3) is 2.51. The molecule has 3 heteroatoms. The van der Waals surface area contributed by atoms with Gasteiger partial charge in [-0.1, -0.05) is 13.8 Å². The number of rotatable bonds is 4. The Morgan fingerprint density at radius 1 is 1.67 bits per heavy atom. The number of carbonyl (C=O) groups is 1. The second kappa shape index (κ2) is 5.18. The SMILES string of the molecule is C#CCCNC(=O)C1(C(C)C)CCNC1. The minimum absolute atomic E-state index is 0.151. The van der Waals surface area contributed by atoms with E-state index in [9.17, 15) is 4.79 Å². The summed E-state index contributed by atoms with van der Waals surface area (Å²) in [4.78, 5) is 12.1. The fraction of sp³-hybridized carbons (Fsp3) is 0.750. The monoisotopic (exact) mass is 208 g/mol. The molecule has 0 aliphatic carbocycles. The molecule has 0 radical (unpaired) electrons. The minimum atomic E-state index is -0.228. The van der Waals surface area contributed by atoms with E-state index in [1.54, 1.807) is 0 Å². The Morgan fingerprint density at radius 3 is 2.87 bits per heavy atom. The standard InChI is InChI=1S/C12H20N2O/c1-4-5-7-14-11(15)12(10(2)3)6-8-13-9-12/h1,10,13H,5-9H2,2-3H3,(H,14,15). The van der Waals surface area contributed by atoms with Gasteiger partial charge in [-0.25, -0.2) is 0 Å². The molecule has 1 fully saturated rings. The van der Waals surface area contributed by atoms with Crippen molar-refractivity contribution in [2.24, 2.45) is 11.3 Å². The Morgan fingerprint density at radius 2 is 2.40 bits per heavy atom. The van der Waals surface area contributed by atoms with Crippen molar-refractivity contribution in [2.75, 3.05) is 19.6 Å². The highest BCUT2D eigenvalue weighted by Crippen LogP contribution is 2.34. The molecule has 1 aliphatic rings. The zero-order valence-corrected chi connectivity index (χ0v) is 9.60. The van der Waals surface area contributed by atoms with Crippen molar-refractivity contribution in [3.05, 3.63) is 0 Å². The highest BCUT2D eigenvalue weighted by molar-refractivity contribution is 5.83. The van der Waals surface area contributed by atoms with Crippen molar-refractivity contribution in [1.29, 1.82) is 0 Å². The molecule has 1 unspecified atom stereocenters. The molecule has 2 N–H and O–H groups in total. The third-order valence-corrected chi connectivity index (χ3v) is 3.30. The smallest absolute Gasteiger partial charge is 0.227 e. The van der Waals surface area contributed by atoms with Crippen LogP contribution in [0.3, 0.4) is 0 Å². The van der Waals surface area contributed by atoms with Crippen LogP contribution in [0.2, 0.25) is 0 Å². The number of terminal acetylenes is 1. The first-order valence-corrected chi connectivity index (χ1v) is 5.56. The summed E-state index contributed by atoms with van der Waals surface area (Å²) in [7, 11) is 0. The summed E-state index contributed by atoms with van der Waals surface area (Å²) >= 11 is 0. The molecule has 84 valence electrons. The predicted octanol–water partition coefficient (Wildman–Crippen LogP) is 0.762. The third-order valence-electron chi connectivity index (χ3n) is 3.30. The largest absolute Gasteiger partial charge is 0.355 e. The van der Waals surface area contributed by atoms with Gasteiger partial charge in [0.15, 0.2) is 0 Å². The van der Waals surface area contributed by atoms with Crippen LogP contribution in [-0.4, -0.2) is 25.5 Å². The van der Waals surface area contributed by atoms with Gasteiger partial charge < -0.3 is 10.6 Å². The topological polar surface area (TPSA) is 41.1 Å². The average molecular weight is 208 g/mol. The molecule has 1 aliphatic heterocycles. The van der Waals surface area contributed by atoms with E-state index in [0.717, 1.165) is 19.5 Å². The molecule has 0 aromatic rings. The number of nitrogens with one attached hydrogen (secondary N) is 2. The predicted molar refractivity (Wildman–Crippen MR) is 61.2 cm³/mol. The number of amides is 1. The van der Waals surface area contributed by atoms with Crippen molar-refractivity contribution >= 4 is 5.91 Å². The van der Waals surface area contributed by atoms with Crippen LogP contribution in [0.15, 0.2) is 0 Å². The molecule has 1 amide bonds. The van der Waals surface area contributed by atoms with E-state index in [2.05, 4.69) is 30.4 Å². The van der Waals surface area contributed by atoms with E-state index in [4.69, 9.17) is 6.42 Å². The average Bonchev–Trinajstić information content (AvgIpc) is 2.67. The maximum atomic E-state index is 12.1. The van der Waals surface area contributed by atoms with Gasteiger partial charge in [0, 0.05) is 19.5 Å². The van der Waals surface area contributed by atoms with Gasteiger partial charge in [-0.2, -0.15) is 0 Å². The summed E-state index contributed by atoms with van der Waals surface area (Å²) in [5.74, 6) is 3.04. The second-order valence-corrected chi connectivity index (χ2v) is 4.45. The zero-order valence-electron chi connectivity index (χ0n) is 9.60. The fourth-order valence-corrected chi connectivity index (χ4v) is 2.08. The summed E-state index contributed by atoms with van der Waals surface area (Å²) < 4.78 is 0. The van der Waals surface area contributed by atoms with Crippen LogP contribution in [0, 0.1) is 23.7 Å². The van der Waals surface area contributed by atoms with Crippen LogP contribution in [-0.2, 0) is 4.79 Å². The van der Waals surface area contributed by atoms with Crippen LogP contribution < -0.4 is 10.6 Å². The molecule has 0 aromatic carbocycles. The lowest BCUT2D eigenvalue weighted by Gasteiger charge is -2.30. The molecular weight excluding hydrogens is 188 g/mol. The zero-order chi connectivity index (χ0) is 11.3. The van der Waals surface area contributed by atoms with E-state index < -0.39 is 0 Å². The normalized spacial score (nSPS) is 25.2. The Kier molecular flexibility index (Phi) is 4.16. The maximum absolute atomic E-state index is 12.1. The molecular formula is C12H20N2O. The molecule has 0 bridgehead atoms. The maximum Gasteiger partial charge on any atom is 0.227 e. The number of hydrogen-bond donors (Lipinski definition) is 2. The first-order valence-electron chi connectivity index (χ1n) is 5.56. The number of carbonyl (C=O) groups excluding carboxylic acids is 1. The van der Waals surface area contributed by atoms with E-state index in [1.807, 2.05) is 0 Å². The van der Waals surface area contributed by atoms with Crippen molar-refractivity contribution in [1.82, 2.24) is 10.6 Å². The lowest BCUT2D eigenvalue weighted by atomic mass is 9.75. The van der Waals surface area contributed by atoms with Crippen molar-refractivity contribution < 1.29 is 4.79 Å². The van der Waals surface area contributed by atoms with Gasteiger partial charge in [-0.15, -0.1) is 12.3 Å². The van der Waals surface area contributed by atoms with E-state index >= 15 is 0 Å². The first kappa shape index (κ1) is 12.1. The summed E-state index contributed by atoms with van der Waals surface area (Å²) in [5, 5.41) is 6.19. The fourth-order valence-electron chi connectivity index (χ4n) is 2.08. The van der Waals surface area contributed by atoms with Crippen LogP contribution in [0.4, 0.5) is 0 Å². The molecule has 1 atom stereocenters. The molecule has 3 nitrogen and oxygen atoms in total. The van der Waals surface area contributed by atoms with Crippen LogP contribution in [0.25, 0.3) is 0 Å². The summed E-state index contributed by atoms with van der Waals surface area (Å²) in [6.45, 7) is 6.51. The Hall–Kier alpha value is -1.01. The molecule has 0 aromatic heterocycles. The summed E-state index contributed by atoms with van der Waals surface area (Å²) in [5.41, 5.74) is -0.228.